The highest BCUT2D eigenvalue weighted by atomic mass is 32.2. The molecule has 10 heteroatoms. The zero-order valence-corrected chi connectivity index (χ0v) is 17.4. The highest BCUT2D eigenvalue weighted by Gasteiger charge is 2.16. The molecule has 0 spiro atoms. The summed E-state index contributed by atoms with van der Waals surface area (Å²) in [6.45, 7) is 3.21. The number of carbonyl (C=O) groups is 2. The molecule has 0 radical (unpaired) electrons. The van der Waals surface area contributed by atoms with Crippen LogP contribution >= 0.6 is 0 Å². The largest absolute Gasteiger partial charge is 0.355 e. The highest BCUT2D eigenvalue weighted by Crippen LogP contribution is 2.21. The number of nitrogens with zero attached hydrogens (tertiary/aromatic N) is 2. The van der Waals surface area contributed by atoms with Crippen molar-refractivity contribution in [3.05, 3.63) is 65.9 Å². The topological polar surface area (TPSA) is 122 Å². The van der Waals surface area contributed by atoms with E-state index in [9.17, 15) is 18.0 Å². The van der Waals surface area contributed by atoms with Crippen LogP contribution in [-0.4, -0.2) is 37.1 Å². The first-order chi connectivity index (χ1) is 14.2. The van der Waals surface area contributed by atoms with E-state index >= 15 is 0 Å². The predicted octanol–water partition coefficient (Wildman–Crippen LogP) is 2.30. The molecule has 0 bridgehead atoms. The molecule has 2 aromatic carbocycles. The Balaban J connectivity index is 1.80. The van der Waals surface area contributed by atoms with Gasteiger partial charge >= 0.3 is 0 Å². The quantitative estimate of drug-likeness (QED) is 0.557. The zero-order chi connectivity index (χ0) is 21.9. The highest BCUT2D eigenvalue weighted by molar-refractivity contribution is 7.92. The first kappa shape index (κ1) is 21.1. The normalized spacial score (nSPS) is 11.0. The Morgan fingerprint density at radius 1 is 1.00 bits per heavy atom. The Hall–Kier alpha value is -3.66. The van der Waals surface area contributed by atoms with Gasteiger partial charge in [-0.15, -0.1) is 0 Å². The fourth-order valence-corrected chi connectivity index (χ4v) is 3.84. The second kappa shape index (κ2) is 8.37. The van der Waals surface area contributed by atoms with Crippen LogP contribution in [0.15, 0.2) is 59.5 Å². The van der Waals surface area contributed by atoms with Gasteiger partial charge < -0.3 is 10.6 Å². The number of aryl methyl sites for hydroxylation is 1. The van der Waals surface area contributed by atoms with Gasteiger partial charge in [0.05, 0.1) is 16.3 Å². The van der Waals surface area contributed by atoms with Gasteiger partial charge in [-0.1, -0.05) is 0 Å². The Bertz CT molecular complexity index is 1180. The molecule has 1 heterocycles. The molecule has 0 aliphatic rings. The van der Waals surface area contributed by atoms with Crippen molar-refractivity contribution in [3.63, 3.8) is 0 Å². The molecule has 1 aromatic heterocycles. The molecule has 2 amide bonds. The second-order valence-electron chi connectivity index (χ2n) is 6.52. The van der Waals surface area contributed by atoms with E-state index in [2.05, 4.69) is 20.5 Å². The van der Waals surface area contributed by atoms with E-state index in [1.54, 1.807) is 41.9 Å². The van der Waals surface area contributed by atoms with E-state index in [0.717, 1.165) is 5.69 Å². The van der Waals surface area contributed by atoms with Gasteiger partial charge in [-0.2, -0.15) is 5.10 Å². The third-order valence-corrected chi connectivity index (χ3v) is 5.55. The van der Waals surface area contributed by atoms with E-state index < -0.39 is 10.0 Å². The van der Waals surface area contributed by atoms with Gasteiger partial charge in [0.1, 0.15) is 5.82 Å². The van der Waals surface area contributed by atoms with Gasteiger partial charge in [-0.3, -0.25) is 14.3 Å². The Morgan fingerprint density at radius 2 is 1.63 bits per heavy atom. The summed E-state index contributed by atoms with van der Waals surface area (Å²) in [5, 5.41) is 9.53. The summed E-state index contributed by atoms with van der Waals surface area (Å²) in [5.74, 6) is 0.00231. The third-order valence-electron chi connectivity index (χ3n) is 4.15. The molecule has 3 N–H and O–H groups in total. The molecule has 156 valence electrons. The maximum atomic E-state index is 12.6. The first-order valence-corrected chi connectivity index (χ1v) is 10.5. The van der Waals surface area contributed by atoms with Gasteiger partial charge in [-0.05, 0) is 55.5 Å². The lowest BCUT2D eigenvalue weighted by Gasteiger charge is -2.11. The van der Waals surface area contributed by atoms with E-state index in [0.29, 0.717) is 22.8 Å². The van der Waals surface area contributed by atoms with Gasteiger partial charge in [-0.25, -0.2) is 13.1 Å². The fourth-order valence-electron chi connectivity index (χ4n) is 2.78. The number of benzene rings is 2. The van der Waals surface area contributed by atoms with Crippen LogP contribution in [-0.2, 0) is 14.8 Å². The SMILES string of the molecule is CNC(=O)c1ccc(S(=O)(=O)Nc2ccc(-n3nc(C)cc3NC(C)=O)cc2)cc1. The third kappa shape index (κ3) is 4.66. The van der Waals surface area contributed by atoms with E-state index in [4.69, 9.17) is 0 Å². The van der Waals surface area contributed by atoms with Crippen molar-refractivity contribution in [3.8, 4) is 5.69 Å². The van der Waals surface area contributed by atoms with Crippen LogP contribution in [0.4, 0.5) is 11.5 Å². The summed E-state index contributed by atoms with van der Waals surface area (Å²) in [6.07, 6.45) is 0. The van der Waals surface area contributed by atoms with E-state index in [-0.39, 0.29) is 16.7 Å². The molecule has 3 rings (SSSR count). The van der Waals surface area contributed by atoms with Crippen molar-refractivity contribution >= 4 is 33.3 Å². The van der Waals surface area contributed by atoms with Crippen LogP contribution in [0.2, 0.25) is 0 Å². The van der Waals surface area contributed by atoms with Gasteiger partial charge in [0.2, 0.25) is 5.91 Å². The summed E-state index contributed by atoms with van der Waals surface area (Å²) < 4.78 is 29.3. The monoisotopic (exact) mass is 427 g/mol. The average molecular weight is 427 g/mol. The number of amides is 2. The molecule has 0 fully saturated rings. The van der Waals surface area contributed by atoms with Gasteiger partial charge in [0.15, 0.2) is 0 Å². The van der Waals surface area contributed by atoms with E-state index in [1.165, 1.54) is 38.2 Å². The number of aromatic nitrogens is 2. The number of nitrogens with one attached hydrogen (secondary N) is 3. The molecule has 0 saturated carbocycles. The number of hydrogen-bond acceptors (Lipinski definition) is 5. The summed E-state index contributed by atoms with van der Waals surface area (Å²) in [6, 6.07) is 13.9. The van der Waals surface area contributed by atoms with Crippen molar-refractivity contribution in [2.75, 3.05) is 17.1 Å². The summed E-state index contributed by atoms with van der Waals surface area (Å²) in [7, 11) is -2.32. The van der Waals surface area contributed by atoms with Crippen LogP contribution < -0.4 is 15.4 Å². The fraction of sp³-hybridized carbons (Fsp3) is 0.150. The standard InChI is InChI=1S/C20H21N5O4S/c1-13-12-19(22-14(2)26)25(23-13)17-8-6-16(7-9-17)24-30(28,29)18-10-4-15(5-11-18)20(27)21-3/h4-12,24H,1-3H3,(H,21,27)(H,22,26). The molecular weight excluding hydrogens is 406 g/mol. The van der Waals surface area contributed by atoms with E-state index in [1.807, 2.05) is 0 Å². The maximum Gasteiger partial charge on any atom is 0.261 e. The van der Waals surface area contributed by atoms with Crippen LogP contribution in [0.5, 0.6) is 0 Å². The molecule has 0 aliphatic carbocycles. The van der Waals surface area contributed by atoms with Gasteiger partial charge in [0, 0.05) is 31.3 Å². The molecule has 9 nitrogen and oxygen atoms in total. The van der Waals surface area contributed by atoms with Crippen molar-refractivity contribution in [1.29, 1.82) is 0 Å². The van der Waals surface area contributed by atoms with Gasteiger partial charge in [0.25, 0.3) is 15.9 Å². The molecule has 0 unspecified atom stereocenters. The smallest absolute Gasteiger partial charge is 0.261 e. The molecular formula is C20H21N5O4S. The molecule has 0 aliphatic heterocycles. The molecule has 3 aromatic rings. The lowest BCUT2D eigenvalue weighted by Crippen LogP contribution is -2.18. The molecule has 30 heavy (non-hydrogen) atoms. The summed E-state index contributed by atoms with van der Waals surface area (Å²) in [4.78, 5) is 23.0. The number of sulfonamides is 1. The van der Waals surface area contributed by atoms with Crippen molar-refractivity contribution in [2.24, 2.45) is 0 Å². The maximum absolute atomic E-state index is 12.6. The molecule has 0 atom stereocenters. The minimum absolute atomic E-state index is 0.0369. The van der Waals surface area contributed by atoms with Crippen molar-refractivity contribution < 1.29 is 18.0 Å². The zero-order valence-electron chi connectivity index (χ0n) is 16.6. The lowest BCUT2D eigenvalue weighted by molar-refractivity contribution is -0.114. The minimum Gasteiger partial charge on any atom is -0.355 e. The Kier molecular flexibility index (Phi) is 5.88. The lowest BCUT2D eigenvalue weighted by atomic mass is 10.2. The van der Waals surface area contributed by atoms with Crippen LogP contribution in [0.3, 0.4) is 0 Å². The summed E-state index contributed by atoms with van der Waals surface area (Å²) >= 11 is 0. The summed E-state index contributed by atoms with van der Waals surface area (Å²) in [5.41, 5.74) is 2.11. The Morgan fingerprint density at radius 3 is 2.20 bits per heavy atom. The number of carbonyl (C=O) groups excluding carboxylic acids is 2. The van der Waals surface area contributed by atoms with Crippen molar-refractivity contribution in [1.82, 2.24) is 15.1 Å². The predicted molar refractivity (Wildman–Crippen MR) is 113 cm³/mol. The number of anilines is 2. The van der Waals surface area contributed by atoms with Crippen molar-refractivity contribution in [2.45, 2.75) is 18.7 Å². The Labute approximate surface area is 174 Å². The van der Waals surface area contributed by atoms with Crippen LogP contribution in [0.1, 0.15) is 23.0 Å². The van der Waals surface area contributed by atoms with Crippen LogP contribution in [0, 0.1) is 6.92 Å². The number of hydrogen-bond donors (Lipinski definition) is 3. The second-order valence-corrected chi connectivity index (χ2v) is 8.20. The number of rotatable bonds is 6. The minimum atomic E-state index is -3.82. The molecule has 0 saturated heterocycles. The average Bonchev–Trinajstić information content (AvgIpc) is 3.07. The first-order valence-electron chi connectivity index (χ1n) is 8.99. The van der Waals surface area contributed by atoms with Crippen LogP contribution in [0.25, 0.3) is 5.69 Å².